The van der Waals surface area contributed by atoms with Crippen LogP contribution in [-0.4, -0.2) is 43.2 Å². The number of aromatic nitrogens is 2. The molecule has 1 saturated heterocycles. The molecule has 0 aromatic carbocycles. The number of H-pyrrole nitrogens is 2. The molecule has 3 rings (SSSR count). The predicted octanol–water partition coefficient (Wildman–Crippen LogP) is -2.15. The number of hydrogen-bond donors (Lipinski definition) is 4. The van der Waals surface area contributed by atoms with E-state index in [4.69, 9.17) is 10.5 Å². The predicted molar refractivity (Wildman–Crippen MR) is 72.2 cm³/mol. The third kappa shape index (κ3) is 2.44. The second-order valence-corrected chi connectivity index (χ2v) is 6.98. The summed E-state index contributed by atoms with van der Waals surface area (Å²) in [6.07, 6.45) is 2.43. The van der Waals surface area contributed by atoms with Crippen LogP contribution in [0.25, 0.3) is 0 Å². The van der Waals surface area contributed by atoms with Gasteiger partial charge in [-0.15, -0.1) is 0 Å². The lowest BCUT2D eigenvalue weighted by atomic mass is 9.69. The Morgan fingerprint density at radius 2 is 2.14 bits per heavy atom. The molecule has 9 nitrogen and oxygen atoms in total. The molecule has 1 aliphatic heterocycles. The molecule has 0 radical (unpaired) electrons. The maximum atomic E-state index is 12.2. The van der Waals surface area contributed by atoms with Crippen molar-refractivity contribution in [1.29, 1.82) is 0 Å². The average Bonchev–Trinajstić information content (AvgIpc) is 2.44. The number of aromatic amines is 2. The van der Waals surface area contributed by atoms with Gasteiger partial charge in [-0.1, -0.05) is 0 Å². The van der Waals surface area contributed by atoms with Crippen molar-refractivity contribution in [2.24, 2.45) is 11.7 Å². The fraction of sp³-hybridized carbons (Fsp3) is 0.636. The summed E-state index contributed by atoms with van der Waals surface area (Å²) in [5.41, 5.74) is 4.23. The molecule has 1 aromatic rings. The molecule has 10 heteroatoms. The molecule has 1 aliphatic carbocycles. The molecule has 2 heterocycles. The SMILES string of the molecule is NC1C2CCCOC2C1NS(=O)(=O)c1c[nH]c(=O)[nH]c1=O. The Labute approximate surface area is 120 Å². The van der Waals surface area contributed by atoms with Crippen LogP contribution in [0.4, 0.5) is 0 Å². The smallest absolute Gasteiger partial charge is 0.325 e. The van der Waals surface area contributed by atoms with Gasteiger partial charge in [-0.2, -0.15) is 0 Å². The van der Waals surface area contributed by atoms with Crippen LogP contribution in [0.5, 0.6) is 0 Å². The van der Waals surface area contributed by atoms with Crippen molar-refractivity contribution in [3.8, 4) is 0 Å². The Balaban J connectivity index is 1.83. The summed E-state index contributed by atoms with van der Waals surface area (Å²) in [7, 11) is -4.08. The Morgan fingerprint density at radius 1 is 1.38 bits per heavy atom. The van der Waals surface area contributed by atoms with Crippen molar-refractivity contribution in [1.82, 2.24) is 14.7 Å². The van der Waals surface area contributed by atoms with E-state index in [2.05, 4.69) is 9.71 Å². The Kier molecular flexibility index (Phi) is 3.48. The van der Waals surface area contributed by atoms with Crippen LogP contribution < -0.4 is 21.7 Å². The number of rotatable bonds is 3. The van der Waals surface area contributed by atoms with E-state index in [0.717, 1.165) is 19.0 Å². The summed E-state index contributed by atoms with van der Waals surface area (Å²) in [6.45, 7) is 0.575. The van der Waals surface area contributed by atoms with Gasteiger partial charge in [-0.05, 0) is 12.8 Å². The zero-order chi connectivity index (χ0) is 15.2. The molecule has 4 unspecified atom stereocenters. The average molecular weight is 316 g/mol. The molecule has 21 heavy (non-hydrogen) atoms. The largest absolute Gasteiger partial charge is 0.376 e. The number of nitrogens with one attached hydrogen (secondary N) is 3. The van der Waals surface area contributed by atoms with E-state index in [9.17, 15) is 18.0 Å². The van der Waals surface area contributed by atoms with Gasteiger partial charge >= 0.3 is 5.69 Å². The summed E-state index contributed by atoms with van der Waals surface area (Å²) in [6, 6.07) is -0.904. The van der Waals surface area contributed by atoms with Gasteiger partial charge in [0.15, 0.2) is 4.90 Å². The van der Waals surface area contributed by atoms with Crippen molar-refractivity contribution < 1.29 is 13.2 Å². The van der Waals surface area contributed by atoms with Crippen molar-refractivity contribution in [3.63, 3.8) is 0 Å². The summed E-state index contributed by atoms with van der Waals surface area (Å²) in [5.74, 6) is 0.139. The normalized spacial score (nSPS) is 32.2. The quantitative estimate of drug-likeness (QED) is 0.499. The van der Waals surface area contributed by atoms with Gasteiger partial charge in [0.2, 0.25) is 10.0 Å². The van der Waals surface area contributed by atoms with Gasteiger partial charge in [-0.25, -0.2) is 17.9 Å². The third-order valence-electron chi connectivity index (χ3n) is 4.04. The molecule has 0 bridgehead atoms. The molecule has 4 atom stereocenters. The van der Waals surface area contributed by atoms with Crippen molar-refractivity contribution in [2.45, 2.75) is 35.9 Å². The molecular formula is C11H16N4O5S. The molecule has 2 aliphatic rings. The standard InChI is InChI=1S/C11H16N4O5S/c12-7-5-2-1-3-20-9(5)8(7)15-21(18,19)6-4-13-11(17)14-10(6)16/h4-5,7-9,15H,1-3,12H2,(H2,13,14,16,17). The van der Waals surface area contributed by atoms with Crippen molar-refractivity contribution in [2.75, 3.05) is 6.61 Å². The van der Waals surface area contributed by atoms with Crippen molar-refractivity contribution >= 4 is 10.0 Å². The van der Waals surface area contributed by atoms with E-state index in [1.807, 2.05) is 4.98 Å². The second kappa shape index (κ2) is 5.05. The minimum atomic E-state index is -4.08. The summed E-state index contributed by atoms with van der Waals surface area (Å²) < 4.78 is 32.4. The lowest BCUT2D eigenvalue weighted by Crippen LogP contribution is -2.72. The molecular weight excluding hydrogens is 300 g/mol. The van der Waals surface area contributed by atoms with E-state index in [1.54, 1.807) is 0 Å². The number of fused-ring (bicyclic) bond motifs is 1. The van der Waals surface area contributed by atoms with E-state index in [-0.39, 0.29) is 18.1 Å². The molecule has 5 N–H and O–H groups in total. The first-order valence-electron chi connectivity index (χ1n) is 6.62. The first-order chi connectivity index (χ1) is 9.90. The maximum absolute atomic E-state index is 12.2. The number of sulfonamides is 1. The van der Waals surface area contributed by atoms with Gasteiger partial charge in [0.05, 0.1) is 12.1 Å². The third-order valence-corrected chi connectivity index (χ3v) is 5.51. The van der Waals surface area contributed by atoms with Gasteiger partial charge < -0.3 is 15.5 Å². The highest BCUT2D eigenvalue weighted by Crippen LogP contribution is 2.37. The summed E-state index contributed by atoms with van der Waals surface area (Å²) in [5, 5.41) is 0. The molecule has 2 fully saturated rings. The molecule has 0 spiro atoms. The number of nitrogens with two attached hydrogens (primary N) is 1. The summed E-state index contributed by atoms with van der Waals surface area (Å²) in [4.78, 5) is 26.0. The van der Waals surface area contributed by atoms with Crippen LogP contribution in [0, 0.1) is 5.92 Å². The van der Waals surface area contributed by atoms with Gasteiger partial charge in [0.25, 0.3) is 5.56 Å². The Hall–Kier alpha value is -1.49. The van der Waals surface area contributed by atoms with Crippen LogP contribution in [0.3, 0.4) is 0 Å². The number of ether oxygens (including phenoxy) is 1. The zero-order valence-corrected chi connectivity index (χ0v) is 11.9. The minimum absolute atomic E-state index is 0.139. The Bertz CT molecular complexity index is 754. The van der Waals surface area contributed by atoms with Crippen LogP contribution in [0.2, 0.25) is 0 Å². The minimum Gasteiger partial charge on any atom is -0.376 e. The van der Waals surface area contributed by atoms with Gasteiger partial charge in [0, 0.05) is 24.8 Å². The van der Waals surface area contributed by atoms with Gasteiger partial charge in [-0.3, -0.25) is 9.78 Å². The first kappa shape index (κ1) is 14.4. The van der Waals surface area contributed by atoms with Gasteiger partial charge in [0.1, 0.15) is 0 Å². The highest BCUT2D eigenvalue weighted by atomic mass is 32.2. The van der Waals surface area contributed by atoms with Crippen LogP contribution >= 0.6 is 0 Å². The fourth-order valence-electron chi connectivity index (χ4n) is 2.93. The van der Waals surface area contributed by atoms with E-state index in [1.165, 1.54) is 0 Å². The zero-order valence-electron chi connectivity index (χ0n) is 11.0. The molecule has 1 aromatic heterocycles. The highest BCUT2D eigenvalue weighted by molar-refractivity contribution is 7.89. The number of hydrogen-bond acceptors (Lipinski definition) is 6. The summed E-state index contributed by atoms with van der Waals surface area (Å²) >= 11 is 0. The molecule has 0 amide bonds. The first-order valence-corrected chi connectivity index (χ1v) is 8.10. The topological polar surface area (TPSA) is 147 Å². The monoisotopic (exact) mass is 316 g/mol. The second-order valence-electron chi connectivity index (χ2n) is 5.30. The molecule has 1 saturated carbocycles. The lowest BCUT2D eigenvalue weighted by Gasteiger charge is -2.52. The van der Waals surface area contributed by atoms with Crippen molar-refractivity contribution in [3.05, 3.63) is 27.0 Å². The van der Waals surface area contributed by atoms with Crippen LogP contribution in [0.15, 0.2) is 20.7 Å². The van der Waals surface area contributed by atoms with E-state index >= 15 is 0 Å². The van der Waals surface area contributed by atoms with Crippen LogP contribution in [0.1, 0.15) is 12.8 Å². The van der Waals surface area contributed by atoms with E-state index < -0.39 is 32.2 Å². The Morgan fingerprint density at radius 3 is 2.86 bits per heavy atom. The maximum Gasteiger partial charge on any atom is 0.325 e. The molecule has 116 valence electrons. The lowest BCUT2D eigenvalue weighted by molar-refractivity contribution is -0.114. The highest BCUT2D eigenvalue weighted by Gasteiger charge is 2.52. The fourth-order valence-corrected chi connectivity index (χ4v) is 4.22. The van der Waals surface area contributed by atoms with E-state index in [0.29, 0.717) is 6.61 Å². The van der Waals surface area contributed by atoms with Crippen LogP contribution in [-0.2, 0) is 14.8 Å².